The van der Waals surface area contributed by atoms with Gasteiger partial charge in [-0.1, -0.05) is 0 Å². The van der Waals surface area contributed by atoms with Crippen LogP contribution < -0.4 is 10.2 Å². The quantitative estimate of drug-likeness (QED) is 0.801. The maximum absolute atomic E-state index is 4.48. The molecule has 0 amide bonds. The van der Waals surface area contributed by atoms with Crippen molar-refractivity contribution >= 4 is 11.8 Å². The zero-order valence-electron chi connectivity index (χ0n) is 9.45. The SMILES string of the molecule is CNc1cc(C)nc(N2CCCCC2)n1. The van der Waals surface area contributed by atoms with Gasteiger partial charge in [-0.3, -0.25) is 0 Å². The summed E-state index contributed by atoms with van der Waals surface area (Å²) in [5.74, 6) is 1.78. The van der Waals surface area contributed by atoms with Crippen molar-refractivity contribution in [1.82, 2.24) is 9.97 Å². The molecule has 2 heterocycles. The third-order valence-corrected chi connectivity index (χ3v) is 2.74. The monoisotopic (exact) mass is 206 g/mol. The van der Waals surface area contributed by atoms with Gasteiger partial charge in [-0.05, 0) is 26.2 Å². The molecule has 0 saturated carbocycles. The zero-order chi connectivity index (χ0) is 10.7. The summed E-state index contributed by atoms with van der Waals surface area (Å²) in [4.78, 5) is 11.2. The van der Waals surface area contributed by atoms with E-state index in [-0.39, 0.29) is 0 Å². The molecule has 1 aliphatic heterocycles. The normalized spacial score (nSPS) is 16.5. The van der Waals surface area contributed by atoms with E-state index in [0.29, 0.717) is 0 Å². The van der Waals surface area contributed by atoms with E-state index in [2.05, 4.69) is 20.2 Å². The van der Waals surface area contributed by atoms with E-state index in [1.165, 1.54) is 19.3 Å². The predicted octanol–water partition coefficient (Wildman–Crippen LogP) is 1.82. The lowest BCUT2D eigenvalue weighted by molar-refractivity contribution is 0.568. The maximum Gasteiger partial charge on any atom is 0.227 e. The van der Waals surface area contributed by atoms with Crippen LogP contribution in [0.5, 0.6) is 0 Å². The fourth-order valence-electron chi connectivity index (χ4n) is 1.92. The van der Waals surface area contributed by atoms with Crippen LogP contribution in [0, 0.1) is 6.92 Å². The Morgan fingerprint density at radius 1 is 1.20 bits per heavy atom. The minimum absolute atomic E-state index is 0.874. The summed E-state index contributed by atoms with van der Waals surface area (Å²) in [5.41, 5.74) is 1.02. The fraction of sp³-hybridized carbons (Fsp3) is 0.636. The first-order chi connectivity index (χ1) is 7.29. The number of aryl methyl sites for hydroxylation is 1. The van der Waals surface area contributed by atoms with Crippen LogP contribution >= 0.6 is 0 Å². The molecule has 0 aliphatic carbocycles. The lowest BCUT2D eigenvalue weighted by Crippen LogP contribution is -2.31. The van der Waals surface area contributed by atoms with Crippen LogP contribution in [-0.2, 0) is 0 Å². The maximum atomic E-state index is 4.48. The fourth-order valence-corrected chi connectivity index (χ4v) is 1.92. The molecule has 1 aliphatic rings. The first-order valence-corrected chi connectivity index (χ1v) is 5.58. The second-order valence-corrected chi connectivity index (χ2v) is 3.99. The molecule has 1 aromatic heterocycles. The van der Waals surface area contributed by atoms with Crippen molar-refractivity contribution in [2.45, 2.75) is 26.2 Å². The molecule has 4 nitrogen and oxygen atoms in total. The number of nitrogens with one attached hydrogen (secondary N) is 1. The van der Waals surface area contributed by atoms with Gasteiger partial charge in [0.1, 0.15) is 5.82 Å². The predicted molar refractivity (Wildman–Crippen MR) is 62.4 cm³/mol. The summed E-state index contributed by atoms with van der Waals surface area (Å²) in [6.45, 7) is 4.19. The Bertz CT molecular complexity index is 331. The number of hydrogen-bond donors (Lipinski definition) is 1. The lowest BCUT2D eigenvalue weighted by Gasteiger charge is -2.27. The van der Waals surface area contributed by atoms with Crippen LogP contribution in [0.25, 0.3) is 0 Å². The molecule has 1 aromatic rings. The van der Waals surface area contributed by atoms with E-state index in [9.17, 15) is 0 Å². The highest BCUT2D eigenvalue weighted by molar-refractivity contribution is 5.43. The minimum atomic E-state index is 0.874. The standard InChI is InChI=1S/C11H18N4/c1-9-8-10(12-2)14-11(13-9)15-6-4-3-5-7-15/h8H,3-7H2,1-2H3,(H,12,13,14). The Morgan fingerprint density at radius 2 is 1.93 bits per heavy atom. The van der Waals surface area contributed by atoms with Gasteiger partial charge in [0.2, 0.25) is 5.95 Å². The Labute approximate surface area is 90.7 Å². The highest BCUT2D eigenvalue weighted by Crippen LogP contribution is 2.17. The topological polar surface area (TPSA) is 41.1 Å². The minimum Gasteiger partial charge on any atom is -0.373 e. The van der Waals surface area contributed by atoms with Crippen molar-refractivity contribution in [2.75, 3.05) is 30.4 Å². The van der Waals surface area contributed by atoms with Gasteiger partial charge in [0.25, 0.3) is 0 Å². The summed E-state index contributed by atoms with van der Waals surface area (Å²) < 4.78 is 0. The number of anilines is 2. The van der Waals surface area contributed by atoms with Crippen molar-refractivity contribution in [1.29, 1.82) is 0 Å². The van der Waals surface area contributed by atoms with Crippen molar-refractivity contribution in [3.05, 3.63) is 11.8 Å². The van der Waals surface area contributed by atoms with Gasteiger partial charge in [0, 0.05) is 31.9 Å². The van der Waals surface area contributed by atoms with Crippen LogP contribution in [0.15, 0.2) is 6.07 Å². The van der Waals surface area contributed by atoms with Gasteiger partial charge in [-0.25, -0.2) is 4.98 Å². The van der Waals surface area contributed by atoms with Gasteiger partial charge in [-0.15, -0.1) is 0 Å². The summed E-state index contributed by atoms with van der Waals surface area (Å²) >= 11 is 0. The molecular formula is C11H18N4. The molecule has 4 heteroatoms. The zero-order valence-corrected chi connectivity index (χ0v) is 9.45. The van der Waals surface area contributed by atoms with E-state index >= 15 is 0 Å². The van der Waals surface area contributed by atoms with Gasteiger partial charge >= 0.3 is 0 Å². The molecule has 82 valence electrons. The molecule has 1 N–H and O–H groups in total. The average molecular weight is 206 g/mol. The van der Waals surface area contributed by atoms with E-state index in [4.69, 9.17) is 0 Å². The first-order valence-electron chi connectivity index (χ1n) is 5.58. The largest absolute Gasteiger partial charge is 0.373 e. The molecule has 0 aromatic carbocycles. The molecule has 2 rings (SSSR count). The molecule has 0 radical (unpaired) electrons. The Hall–Kier alpha value is -1.32. The molecule has 15 heavy (non-hydrogen) atoms. The van der Waals surface area contributed by atoms with Crippen LogP contribution in [0.1, 0.15) is 25.0 Å². The molecule has 1 saturated heterocycles. The van der Waals surface area contributed by atoms with E-state index < -0.39 is 0 Å². The highest BCUT2D eigenvalue weighted by Gasteiger charge is 2.14. The lowest BCUT2D eigenvalue weighted by atomic mass is 10.1. The Kier molecular flexibility index (Phi) is 3.04. The summed E-state index contributed by atoms with van der Waals surface area (Å²) in [5, 5.41) is 3.07. The van der Waals surface area contributed by atoms with Crippen molar-refractivity contribution < 1.29 is 0 Å². The smallest absolute Gasteiger partial charge is 0.227 e. The molecule has 0 spiro atoms. The molecule has 0 unspecified atom stereocenters. The third-order valence-electron chi connectivity index (χ3n) is 2.74. The van der Waals surface area contributed by atoms with Crippen LogP contribution in [0.2, 0.25) is 0 Å². The van der Waals surface area contributed by atoms with Crippen LogP contribution in [0.3, 0.4) is 0 Å². The summed E-state index contributed by atoms with van der Waals surface area (Å²) in [6, 6.07) is 1.97. The number of nitrogens with zero attached hydrogens (tertiary/aromatic N) is 3. The third kappa shape index (κ3) is 2.37. The van der Waals surface area contributed by atoms with E-state index in [1.807, 2.05) is 20.0 Å². The van der Waals surface area contributed by atoms with E-state index in [1.54, 1.807) is 0 Å². The Morgan fingerprint density at radius 3 is 2.60 bits per heavy atom. The van der Waals surface area contributed by atoms with Crippen molar-refractivity contribution in [3.8, 4) is 0 Å². The van der Waals surface area contributed by atoms with Gasteiger partial charge in [0.15, 0.2) is 0 Å². The number of hydrogen-bond acceptors (Lipinski definition) is 4. The van der Waals surface area contributed by atoms with E-state index in [0.717, 1.165) is 30.5 Å². The van der Waals surface area contributed by atoms with Crippen LogP contribution in [0.4, 0.5) is 11.8 Å². The number of aromatic nitrogens is 2. The molecule has 1 fully saturated rings. The summed E-state index contributed by atoms with van der Waals surface area (Å²) in [6.07, 6.45) is 3.85. The average Bonchev–Trinajstić information content (AvgIpc) is 2.29. The molecule has 0 bridgehead atoms. The Balaban J connectivity index is 2.22. The van der Waals surface area contributed by atoms with Gasteiger partial charge in [0.05, 0.1) is 0 Å². The number of piperidine rings is 1. The van der Waals surface area contributed by atoms with Crippen molar-refractivity contribution in [2.24, 2.45) is 0 Å². The van der Waals surface area contributed by atoms with Crippen molar-refractivity contribution in [3.63, 3.8) is 0 Å². The molecular weight excluding hydrogens is 188 g/mol. The van der Waals surface area contributed by atoms with Crippen LogP contribution in [-0.4, -0.2) is 30.1 Å². The second kappa shape index (κ2) is 4.47. The van der Waals surface area contributed by atoms with Gasteiger partial charge < -0.3 is 10.2 Å². The highest BCUT2D eigenvalue weighted by atomic mass is 15.3. The summed E-state index contributed by atoms with van der Waals surface area (Å²) in [7, 11) is 1.89. The second-order valence-electron chi connectivity index (χ2n) is 3.99. The first kappa shape index (κ1) is 10.2. The molecule has 0 atom stereocenters. The van der Waals surface area contributed by atoms with Gasteiger partial charge in [-0.2, -0.15) is 4.98 Å². The number of rotatable bonds is 2.